The van der Waals surface area contributed by atoms with E-state index in [1.54, 1.807) is 4.52 Å². The fraction of sp³-hybridized carbons (Fsp3) is 0.250. The summed E-state index contributed by atoms with van der Waals surface area (Å²) in [7, 11) is 0. The van der Waals surface area contributed by atoms with Crippen LogP contribution in [0.1, 0.15) is 27.3 Å². The third-order valence-corrected chi connectivity index (χ3v) is 4.14. The molecule has 3 aromatic rings. The molecule has 0 aliphatic carbocycles. The van der Waals surface area contributed by atoms with Crippen molar-refractivity contribution >= 4 is 23.3 Å². The minimum absolute atomic E-state index is 0.0738. The van der Waals surface area contributed by atoms with Gasteiger partial charge in [-0.05, 0) is 26.8 Å². The number of nitrogens with zero attached hydrogens (tertiary/aromatic N) is 4. The maximum Gasteiger partial charge on any atom is 0.253 e. The Kier molecular flexibility index (Phi) is 3.94. The number of rotatable bonds is 4. The van der Waals surface area contributed by atoms with E-state index < -0.39 is 0 Å². The second-order valence-electron chi connectivity index (χ2n) is 5.22. The van der Waals surface area contributed by atoms with Crippen molar-refractivity contribution in [3.63, 3.8) is 0 Å². The van der Waals surface area contributed by atoms with E-state index in [0.717, 1.165) is 17.0 Å². The van der Waals surface area contributed by atoms with E-state index in [4.69, 9.17) is 0 Å². The largest absolute Gasteiger partial charge is 0.293 e. The Morgan fingerprint density at radius 3 is 2.59 bits per heavy atom. The number of ketones is 1. The van der Waals surface area contributed by atoms with Crippen LogP contribution in [0.2, 0.25) is 0 Å². The van der Waals surface area contributed by atoms with Crippen molar-refractivity contribution < 1.29 is 4.79 Å². The average molecular weight is 312 g/mol. The molecule has 5 nitrogen and oxygen atoms in total. The summed E-state index contributed by atoms with van der Waals surface area (Å²) in [5.41, 5.74) is 3.74. The molecule has 0 fully saturated rings. The predicted molar refractivity (Wildman–Crippen MR) is 86.5 cm³/mol. The van der Waals surface area contributed by atoms with Gasteiger partial charge in [-0.2, -0.15) is 4.98 Å². The maximum atomic E-state index is 12.2. The first-order chi connectivity index (χ1) is 10.5. The second-order valence-corrected chi connectivity index (χ2v) is 6.17. The molecule has 112 valence electrons. The van der Waals surface area contributed by atoms with Crippen molar-refractivity contribution in [2.24, 2.45) is 0 Å². The van der Waals surface area contributed by atoms with Crippen LogP contribution in [0.15, 0.2) is 35.5 Å². The van der Waals surface area contributed by atoms with E-state index in [2.05, 4.69) is 15.1 Å². The summed E-state index contributed by atoms with van der Waals surface area (Å²) in [4.78, 5) is 20.9. The van der Waals surface area contributed by atoms with Crippen LogP contribution in [-0.2, 0) is 0 Å². The normalized spacial score (nSPS) is 11.0. The number of hydrogen-bond donors (Lipinski definition) is 0. The molecule has 0 aliphatic rings. The smallest absolute Gasteiger partial charge is 0.253 e. The molecule has 0 bridgehead atoms. The first kappa shape index (κ1) is 14.7. The minimum Gasteiger partial charge on any atom is -0.293 e. The van der Waals surface area contributed by atoms with Crippen molar-refractivity contribution in [1.29, 1.82) is 0 Å². The number of aromatic nitrogens is 4. The highest BCUT2D eigenvalue weighted by Crippen LogP contribution is 2.17. The van der Waals surface area contributed by atoms with Crippen LogP contribution in [0.25, 0.3) is 5.78 Å². The van der Waals surface area contributed by atoms with Crippen LogP contribution in [0, 0.1) is 20.8 Å². The maximum absolute atomic E-state index is 12.2. The van der Waals surface area contributed by atoms with Crippen LogP contribution in [-0.4, -0.2) is 31.1 Å². The standard InChI is InChI=1S/C16H16N4OS/c1-10-4-6-13(7-5-10)14(21)9-22-16-18-15-17-11(2)8-12(3)20(15)19-16/h4-8H,9H2,1-3H3. The van der Waals surface area contributed by atoms with Gasteiger partial charge < -0.3 is 0 Å². The molecule has 0 saturated heterocycles. The van der Waals surface area contributed by atoms with Crippen LogP contribution in [0.3, 0.4) is 0 Å². The molecule has 0 amide bonds. The van der Waals surface area contributed by atoms with E-state index in [-0.39, 0.29) is 5.78 Å². The van der Waals surface area contributed by atoms with Gasteiger partial charge in [0.2, 0.25) is 5.16 Å². The molecule has 0 radical (unpaired) electrons. The van der Waals surface area contributed by atoms with E-state index in [1.807, 2.05) is 51.1 Å². The highest BCUT2D eigenvalue weighted by molar-refractivity contribution is 7.99. The monoisotopic (exact) mass is 312 g/mol. The first-order valence-corrected chi connectivity index (χ1v) is 7.95. The molecule has 2 heterocycles. The lowest BCUT2D eigenvalue weighted by atomic mass is 10.1. The van der Waals surface area contributed by atoms with Crippen LogP contribution in [0.5, 0.6) is 0 Å². The SMILES string of the molecule is Cc1ccc(C(=O)CSc2nc3nc(C)cc(C)n3n2)cc1. The zero-order chi connectivity index (χ0) is 15.7. The zero-order valence-electron chi connectivity index (χ0n) is 12.7. The average Bonchev–Trinajstić information content (AvgIpc) is 2.89. The highest BCUT2D eigenvalue weighted by atomic mass is 32.2. The summed E-state index contributed by atoms with van der Waals surface area (Å²) < 4.78 is 1.70. The van der Waals surface area contributed by atoms with Gasteiger partial charge in [-0.25, -0.2) is 9.50 Å². The molecule has 0 unspecified atom stereocenters. The van der Waals surface area contributed by atoms with Gasteiger partial charge in [-0.1, -0.05) is 41.6 Å². The zero-order valence-corrected chi connectivity index (χ0v) is 13.5. The van der Waals surface area contributed by atoms with Crippen LogP contribution >= 0.6 is 11.8 Å². The summed E-state index contributed by atoms with van der Waals surface area (Å²) in [6, 6.07) is 9.54. The van der Waals surface area contributed by atoms with Gasteiger partial charge in [0.1, 0.15) is 0 Å². The van der Waals surface area contributed by atoms with Crippen molar-refractivity contribution in [1.82, 2.24) is 19.6 Å². The lowest BCUT2D eigenvalue weighted by Gasteiger charge is -1.99. The number of hydrogen-bond acceptors (Lipinski definition) is 5. The molecule has 0 aliphatic heterocycles. The minimum atomic E-state index is 0.0738. The van der Waals surface area contributed by atoms with Crippen molar-refractivity contribution in [2.45, 2.75) is 25.9 Å². The third-order valence-electron chi connectivity index (χ3n) is 3.30. The number of thioether (sulfide) groups is 1. The van der Waals surface area contributed by atoms with Gasteiger partial charge in [-0.3, -0.25) is 4.79 Å². The molecule has 0 spiro atoms. The van der Waals surface area contributed by atoms with Crippen LogP contribution < -0.4 is 0 Å². The van der Waals surface area contributed by atoms with E-state index >= 15 is 0 Å². The molecule has 2 aromatic heterocycles. The number of carbonyl (C=O) groups excluding carboxylic acids is 1. The Morgan fingerprint density at radius 2 is 1.86 bits per heavy atom. The number of Topliss-reactive ketones (excluding diaryl/α,β-unsaturated/α-hetero) is 1. The molecular formula is C16H16N4OS. The fourth-order valence-corrected chi connectivity index (χ4v) is 2.87. The quantitative estimate of drug-likeness (QED) is 0.547. The Hall–Kier alpha value is -2.21. The Morgan fingerprint density at radius 1 is 1.14 bits per heavy atom. The lowest BCUT2D eigenvalue weighted by Crippen LogP contribution is -2.02. The van der Waals surface area contributed by atoms with Crippen molar-refractivity contribution in [2.75, 3.05) is 5.75 Å². The summed E-state index contributed by atoms with van der Waals surface area (Å²) in [5.74, 6) is 0.963. The fourth-order valence-electron chi connectivity index (χ4n) is 2.16. The number of aryl methyl sites for hydroxylation is 3. The number of fused-ring (bicyclic) bond motifs is 1. The molecule has 22 heavy (non-hydrogen) atoms. The van der Waals surface area contributed by atoms with E-state index in [9.17, 15) is 4.79 Å². The number of benzene rings is 1. The topological polar surface area (TPSA) is 60.2 Å². The molecule has 0 saturated carbocycles. The van der Waals surface area contributed by atoms with Gasteiger partial charge in [0.25, 0.3) is 5.78 Å². The van der Waals surface area contributed by atoms with Crippen molar-refractivity contribution in [3.8, 4) is 0 Å². The summed E-state index contributed by atoms with van der Waals surface area (Å²) >= 11 is 1.34. The first-order valence-electron chi connectivity index (χ1n) is 6.96. The van der Waals surface area contributed by atoms with E-state index in [0.29, 0.717) is 22.3 Å². The molecule has 1 aromatic carbocycles. The Balaban J connectivity index is 1.75. The second kappa shape index (κ2) is 5.88. The molecule has 3 rings (SSSR count). The third kappa shape index (κ3) is 3.01. The summed E-state index contributed by atoms with van der Waals surface area (Å²) in [5, 5.41) is 4.96. The van der Waals surface area contributed by atoms with Gasteiger partial charge in [0.15, 0.2) is 5.78 Å². The van der Waals surface area contributed by atoms with Gasteiger partial charge in [-0.15, -0.1) is 5.10 Å². The van der Waals surface area contributed by atoms with Crippen LogP contribution in [0.4, 0.5) is 0 Å². The Bertz CT molecular complexity index is 839. The van der Waals surface area contributed by atoms with Gasteiger partial charge >= 0.3 is 0 Å². The van der Waals surface area contributed by atoms with E-state index in [1.165, 1.54) is 11.8 Å². The van der Waals surface area contributed by atoms with Gasteiger partial charge in [0, 0.05) is 17.0 Å². The summed E-state index contributed by atoms with van der Waals surface area (Å²) in [6.45, 7) is 5.89. The Labute approximate surface area is 132 Å². The van der Waals surface area contributed by atoms with Gasteiger partial charge in [0.05, 0.1) is 5.75 Å². The number of carbonyl (C=O) groups is 1. The molecule has 0 N–H and O–H groups in total. The lowest BCUT2D eigenvalue weighted by molar-refractivity contribution is 0.102. The molecular weight excluding hydrogens is 296 g/mol. The van der Waals surface area contributed by atoms with Crippen molar-refractivity contribution in [3.05, 3.63) is 52.8 Å². The highest BCUT2D eigenvalue weighted by Gasteiger charge is 2.11. The summed E-state index contributed by atoms with van der Waals surface area (Å²) in [6.07, 6.45) is 0. The predicted octanol–water partition coefficient (Wildman–Crippen LogP) is 3.02. The molecule has 0 atom stereocenters. The molecule has 6 heteroatoms.